The van der Waals surface area contributed by atoms with Gasteiger partial charge in [-0.2, -0.15) is 0 Å². The molecule has 0 bridgehead atoms. The fraction of sp³-hybridized carbons (Fsp3) is 0.833. The van der Waals surface area contributed by atoms with Crippen LogP contribution in [0.25, 0.3) is 0 Å². The number of rotatable bonds is 5. The van der Waals surface area contributed by atoms with Crippen LogP contribution in [-0.2, 0) is 15.6 Å². The molecule has 6 nitrogen and oxygen atoms in total. The van der Waals surface area contributed by atoms with E-state index in [4.69, 9.17) is 5.11 Å². The van der Waals surface area contributed by atoms with Gasteiger partial charge in [0.2, 0.25) is 0 Å². The van der Waals surface area contributed by atoms with E-state index in [-0.39, 0.29) is 18.6 Å². The molecule has 1 aliphatic carbocycles. The molecule has 0 aromatic carbocycles. The zero-order valence-electron chi connectivity index (χ0n) is 10.8. The molecule has 1 aliphatic heterocycles. The highest BCUT2D eigenvalue weighted by Gasteiger charge is 2.29. The monoisotopic (exact) mass is 288 g/mol. The maximum atomic E-state index is 12.1. The van der Waals surface area contributed by atoms with Crippen molar-refractivity contribution in [2.24, 2.45) is 5.92 Å². The van der Waals surface area contributed by atoms with Gasteiger partial charge >= 0.3 is 12.0 Å². The van der Waals surface area contributed by atoms with E-state index in [1.54, 1.807) is 0 Å². The van der Waals surface area contributed by atoms with E-state index < -0.39 is 16.8 Å². The standard InChI is InChI=1S/C12H20N2O4S/c15-11(16)8-14(7-9-1-2-9)12(17)13-10-3-5-19(18)6-4-10/h9-10H,1-8H2,(H,13,17)(H,15,16). The molecule has 19 heavy (non-hydrogen) atoms. The van der Waals surface area contributed by atoms with E-state index in [0.29, 0.717) is 36.8 Å². The van der Waals surface area contributed by atoms with Crippen LogP contribution in [0.2, 0.25) is 0 Å². The summed E-state index contributed by atoms with van der Waals surface area (Å²) in [6, 6.07) is -0.271. The molecule has 2 amide bonds. The van der Waals surface area contributed by atoms with Crippen LogP contribution in [0.4, 0.5) is 4.79 Å². The van der Waals surface area contributed by atoms with Gasteiger partial charge in [0, 0.05) is 34.9 Å². The summed E-state index contributed by atoms with van der Waals surface area (Å²) in [5.74, 6) is 0.712. The summed E-state index contributed by atoms with van der Waals surface area (Å²) in [5.41, 5.74) is 0. The van der Waals surface area contributed by atoms with Crippen LogP contribution >= 0.6 is 0 Å². The molecule has 1 heterocycles. The van der Waals surface area contributed by atoms with E-state index in [1.807, 2.05) is 0 Å². The van der Waals surface area contributed by atoms with Crippen LogP contribution in [0, 0.1) is 5.92 Å². The molecule has 2 N–H and O–H groups in total. The Kier molecular flexibility index (Phi) is 4.79. The first-order valence-corrected chi connectivity index (χ1v) is 8.15. The minimum atomic E-state index is -0.986. The van der Waals surface area contributed by atoms with Crippen molar-refractivity contribution in [3.8, 4) is 0 Å². The average molecular weight is 288 g/mol. The van der Waals surface area contributed by atoms with Gasteiger partial charge in [-0.05, 0) is 31.6 Å². The highest BCUT2D eigenvalue weighted by atomic mass is 32.2. The lowest BCUT2D eigenvalue weighted by Gasteiger charge is -2.27. The molecule has 7 heteroatoms. The summed E-state index contributed by atoms with van der Waals surface area (Å²) in [5, 5.41) is 11.7. The first kappa shape index (κ1) is 14.3. The number of urea groups is 1. The van der Waals surface area contributed by atoms with Crippen molar-refractivity contribution < 1.29 is 18.9 Å². The molecule has 1 saturated carbocycles. The van der Waals surface area contributed by atoms with Gasteiger partial charge in [0.1, 0.15) is 6.54 Å². The van der Waals surface area contributed by atoms with Gasteiger partial charge in [0.05, 0.1) is 0 Å². The highest BCUT2D eigenvalue weighted by molar-refractivity contribution is 7.85. The number of carboxylic acids is 1. The number of nitrogens with one attached hydrogen (secondary N) is 1. The second-order valence-electron chi connectivity index (χ2n) is 5.29. The SMILES string of the molecule is O=C(O)CN(CC1CC1)C(=O)NC1CCS(=O)CC1. The summed E-state index contributed by atoms with van der Waals surface area (Å²) in [6.07, 6.45) is 3.57. The van der Waals surface area contributed by atoms with Crippen molar-refractivity contribution in [2.75, 3.05) is 24.6 Å². The van der Waals surface area contributed by atoms with Gasteiger partial charge in [-0.3, -0.25) is 9.00 Å². The Hall–Kier alpha value is -1.11. The topological polar surface area (TPSA) is 86.7 Å². The van der Waals surface area contributed by atoms with Crippen molar-refractivity contribution in [1.29, 1.82) is 0 Å². The molecule has 0 aromatic rings. The first-order valence-electron chi connectivity index (χ1n) is 6.67. The summed E-state index contributed by atoms with van der Waals surface area (Å²) in [6.45, 7) is 0.276. The van der Waals surface area contributed by atoms with E-state index >= 15 is 0 Å². The lowest BCUT2D eigenvalue weighted by atomic mass is 10.1. The Morgan fingerprint density at radius 3 is 2.37 bits per heavy atom. The molecule has 2 rings (SSSR count). The van der Waals surface area contributed by atoms with E-state index in [0.717, 1.165) is 12.8 Å². The third-order valence-electron chi connectivity index (χ3n) is 3.50. The van der Waals surface area contributed by atoms with Gasteiger partial charge in [0.15, 0.2) is 0 Å². The van der Waals surface area contributed by atoms with Crippen LogP contribution in [0.1, 0.15) is 25.7 Å². The molecule has 2 fully saturated rings. The van der Waals surface area contributed by atoms with E-state index in [9.17, 15) is 13.8 Å². The fourth-order valence-electron chi connectivity index (χ4n) is 2.20. The molecular weight excluding hydrogens is 268 g/mol. The van der Waals surface area contributed by atoms with Crippen molar-refractivity contribution in [1.82, 2.24) is 10.2 Å². The maximum Gasteiger partial charge on any atom is 0.323 e. The number of carboxylic acid groups (broad SMARTS) is 1. The molecule has 0 radical (unpaired) electrons. The number of amides is 2. The average Bonchev–Trinajstić information content (AvgIpc) is 3.14. The van der Waals surface area contributed by atoms with Crippen molar-refractivity contribution in [3.63, 3.8) is 0 Å². The zero-order chi connectivity index (χ0) is 13.8. The van der Waals surface area contributed by atoms with Gasteiger partial charge in [-0.1, -0.05) is 0 Å². The van der Waals surface area contributed by atoms with Gasteiger partial charge in [-0.15, -0.1) is 0 Å². The van der Waals surface area contributed by atoms with Crippen LogP contribution in [0.15, 0.2) is 0 Å². The fourth-order valence-corrected chi connectivity index (χ4v) is 3.50. The Labute approximate surface area is 115 Å². The minimum absolute atomic E-state index is 0.0284. The molecular formula is C12H20N2O4S. The van der Waals surface area contributed by atoms with Crippen LogP contribution in [0.5, 0.6) is 0 Å². The highest BCUT2D eigenvalue weighted by Crippen LogP contribution is 2.29. The molecule has 1 saturated heterocycles. The smallest absolute Gasteiger partial charge is 0.323 e. The van der Waals surface area contributed by atoms with Crippen molar-refractivity contribution >= 4 is 22.8 Å². The van der Waals surface area contributed by atoms with Crippen LogP contribution in [0.3, 0.4) is 0 Å². The van der Waals surface area contributed by atoms with Crippen molar-refractivity contribution in [3.05, 3.63) is 0 Å². The quantitative estimate of drug-likeness (QED) is 0.767. The van der Waals surface area contributed by atoms with E-state index in [2.05, 4.69) is 5.32 Å². The number of hydrogen-bond donors (Lipinski definition) is 2. The predicted octanol–water partition coefficient (Wildman–Crippen LogP) is 0.404. The van der Waals surface area contributed by atoms with Crippen LogP contribution in [-0.4, -0.2) is 56.9 Å². The second-order valence-corrected chi connectivity index (χ2v) is 6.99. The third kappa shape index (κ3) is 4.81. The summed E-state index contributed by atoms with van der Waals surface area (Å²) in [7, 11) is -0.754. The normalized spacial score (nSPS) is 26.7. The van der Waals surface area contributed by atoms with Crippen molar-refractivity contribution in [2.45, 2.75) is 31.7 Å². The van der Waals surface area contributed by atoms with Crippen LogP contribution < -0.4 is 5.32 Å². The van der Waals surface area contributed by atoms with Gasteiger partial charge in [0.25, 0.3) is 0 Å². The lowest BCUT2D eigenvalue weighted by Crippen LogP contribution is -2.49. The summed E-state index contributed by atoms with van der Waals surface area (Å²) < 4.78 is 11.2. The Morgan fingerprint density at radius 2 is 1.84 bits per heavy atom. The Bertz CT molecular complexity index is 374. The lowest BCUT2D eigenvalue weighted by molar-refractivity contribution is -0.137. The summed E-state index contributed by atoms with van der Waals surface area (Å²) in [4.78, 5) is 24.2. The van der Waals surface area contributed by atoms with Gasteiger partial charge in [-0.25, -0.2) is 4.79 Å². The molecule has 0 unspecified atom stereocenters. The second kappa shape index (κ2) is 6.36. The number of hydrogen-bond acceptors (Lipinski definition) is 3. The molecule has 0 spiro atoms. The minimum Gasteiger partial charge on any atom is -0.480 e. The predicted molar refractivity (Wildman–Crippen MR) is 71.4 cm³/mol. The number of carbonyl (C=O) groups excluding carboxylic acids is 1. The first-order chi connectivity index (χ1) is 9.04. The maximum absolute atomic E-state index is 12.1. The number of carbonyl (C=O) groups is 2. The largest absolute Gasteiger partial charge is 0.480 e. The molecule has 0 aromatic heterocycles. The third-order valence-corrected chi connectivity index (χ3v) is 4.89. The zero-order valence-corrected chi connectivity index (χ0v) is 11.7. The summed E-state index contributed by atoms with van der Waals surface area (Å²) >= 11 is 0. The Balaban J connectivity index is 1.83. The number of nitrogens with zero attached hydrogens (tertiary/aromatic N) is 1. The number of aliphatic carboxylic acids is 1. The van der Waals surface area contributed by atoms with E-state index in [1.165, 1.54) is 4.90 Å². The molecule has 108 valence electrons. The molecule has 0 atom stereocenters. The van der Waals surface area contributed by atoms with Gasteiger partial charge < -0.3 is 15.3 Å². The molecule has 2 aliphatic rings. The Morgan fingerprint density at radius 1 is 1.21 bits per heavy atom.